The molecule has 7 nitrogen and oxygen atoms in total. The van der Waals surface area contributed by atoms with Crippen molar-refractivity contribution in [2.45, 2.75) is 0 Å². The average Bonchev–Trinajstić information content (AvgIpc) is 2.49. The summed E-state index contributed by atoms with van der Waals surface area (Å²) in [7, 11) is -2.12. The summed E-state index contributed by atoms with van der Waals surface area (Å²) in [6.45, 7) is 0. The number of hydrogen-bond donors (Lipinski definition) is 4. The second-order valence-electron chi connectivity index (χ2n) is 1.98. The first-order chi connectivity index (χ1) is 6.20. The van der Waals surface area contributed by atoms with E-state index < -0.39 is 8.53 Å². The van der Waals surface area contributed by atoms with Gasteiger partial charge in [-0.2, -0.15) is 0 Å². The van der Waals surface area contributed by atoms with Crippen molar-refractivity contribution < 1.29 is 9.79 Å². The Balaban J connectivity index is 0.000000184. The number of nitrogens with two attached hydrogens (primary N) is 1. The number of imidazole rings is 1. The van der Waals surface area contributed by atoms with Crippen molar-refractivity contribution in [2.75, 3.05) is 0 Å². The molecule has 2 aromatic heterocycles. The molecule has 0 fully saturated rings. The molecule has 0 amide bonds. The summed E-state index contributed by atoms with van der Waals surface area (Å²) in [5.41, 5.74) is 5.87. The van der Waals surface area contributed by atoms with E-state index in [2.05, 4.69) is 25.4 Å². The molecule has 13 heavy (non-hydrogen) atoms. The molecule has 0 unspecified atom stereocenters. The molecule has 0 aliphatic carbocycles. The number of H-pyrrole nitrogens is 1. The largest absolute Gasteiger partial charge is 0.342 e. The molecule has 2 rings (SSSR count). The Labute approximate surface area is 74.6 Å². The number of aromatic nitrogens is 4. The minimum absolute atomic E-state index is 0.713. The van der Waals surface area contributed by atoms with E-state index in [1.54, 1.807) is 12.5 Å². The number of nitrogens with one attached hydrogen (secondary N) is 1. The molecular weight excluding hydrogens is 193 g/mol. The topological polar surface area (TPSA) is 121 Å². The molecule has 0 aliphatic rings. The van der Waals surface area contributed by atoms with Crippen molar-refractivity contribution >= 4 is 19.7 Å². The Morgan fingerprint density at radius 3 is 2.69 bits per heavy atom. The Bertz CT molecular complexity index is 331. The third kappa shape index (κ3) is 3.39. The maximum atomic E-state index is 7.45. The van der Waals surface area contributed by atoms with Crippen LogP contribution in [0.2, 0.25) is 0 Å². The second-order valence-corrected chi connectivity index (χ2v) is 2.62. The van der Waals surface area contributed by atoms with Crippen molar-refractivity contribution in [3.05, 3.63) is 18.9 Å². The number of fused-ring (bicyclic) bond motifs is 1. The Hall–Kier alpha value is -1.14. The van der Waals surface area contributed by atoms with Crippen molar-refractivity contribution in [3.63, 3.8) is 0 Å². The van der Waals surface area contributed by atoms with Gasteiger partial charge in [0.05, 0.1) is 12.5 Å². The molecule has 0 aromatic carbocycles. The molecule has 0 saturated heterocycles. The van der Waals surface area contributed by atoms with Crippen LogP contribution in [0.15, 0.2) is 18.9 Å². The highest BCUT2D eigenvalue weighted by molar-refractivity contribution is 7.42. The van der Waals surface area contributed by atoms with Crippen molar-refractivity contribution in [1.29, 1.82) is 0 Å². The molecule has 5 N–H and O–H groups in total. The summed E-state index contributed by atoms with van der Waals surface area (Å²) in [6.07, 6.45) is 4.76. The van der Waals surface area contributed by atoms with Gasteiger partial charge in [-0.05, 0) is 0 Å². The normalized spacial score (nSPS) is 9.85. The van der Waals surface area contributed by atoms with Gasteiger partial charge in [0, 0.05) is 0 Å². The molecule has 0 radical (unpaired) electrons. The first-order valence-electron chi connectivity index (χ1n) is 3.22. The van der Waals surface area contributed by atoms with Gasteiger partial charge < -0.3 is 14.8 Å². The fourth-order valence-electron chi connectivity index (χ4n) is 0.691. The van der Waals surface area contributed by atoms with Crippen LogP contribution in [0.3, 0.4) is 0 Å². The highest BCUT2D eigenvalue weighted by Gasteiger charge is 1.91. The Morgan fingerprint density at radius 2 is 2.08 bits per heavy atom. The molecule has 8 heteroatoms. The highest BCUT2D eigenvalue weighted by Crippen LogP contribution is 2.05. The summed E-state index contributed by atoms with van der Waals surface area (Å²) in [5.74, 6) is 0. The van der Waals surface area contributed by atoms with Crippen LogP contribution in [-0.2, 0) is 0 Å². The third-order valence-electron chi connectivity index (χ3n) is 1.10. The lowest BCUT2D eigenvalue weighted by molar-refractivity contribution is 0.485. The lowest BCUT2D eigenvalue weighted by atomic mass is 10.6. The molecule has 0 spiro atoms. The number of rotatable bonds is 0. The first kappa shape index (κ1) is 9.94. The average molecular weight is 201 g/mol. The summed E-state index contributed by atoms with van der Waals surface area (Å²) in [5, 5.41) is 0. The Kier molecular flexibility index (Phi) is 3.66. The zero-order valence-corrected chi connectivity index (χ0v) is 7.39. The summed E-state index contributed by atoms with van der Waals surface area (Å²) >= 11 is 0. The van der Waals surface area contributed by atoms with Gasteiger partial charge in [0.2, 0.25) is 8.53 Å². The quantitative estimate of drug-likeness (QED) is 0.427. The monoisotopic (exact) mass is 201 g/mol. The predicted octanol–water partition coefficient (Wildman–Crippen LogP) is -0.491. The minimum atomic E-state index is -2.12. The van der Waals surface area contributed by atoms with E-state index in [1.165, 1.54) is 6.33 Å². The molecule has 70 valence electrons. The smallest absolute Gasteiger partial charge is 0.247 e. The van der Waals surface area contributed by atoms with Crippen LogP contribution in [0.25, 0.3) is 11.2 Å². The summed E-state index contributed by atoms with van der Waals surface area (Å²) < 4.78 is 0. The van der Waals surface area contributed by atoms with Crippen molar-refractivity contribution in [3.8, 4) is 0 Å². The lowest BCUT2D eigenvalue weighted by Gasteiger charge is -1.80. The van der Waals surface area contributed by atoms with E-state index in [4.69, 9.17) is 9.79 Å². The first-order valence-corrected chi connectivity index (χ1v) is 4.53. The highest BCUT2D eigenvalue weighted by atomic mass is 31.2. The van der Waals surface area contributed by atoms with E-state index in [9.17, 15) is 0 Å². The van der Waals surface area contributed by atoms with E-state index in [0.29, 0.717) is 5.65 Å². The molecule has 2 aromatic rings. The molecule has 0 aliphatic heterocycles. The van der Waals surface area contributed by atoms with Gasteiger partial charge in [0.25, 0.3) is 0 Å². The van der Waals surface area contributed by atoms with Crippen LogP contribution in [0.5, 0.6) is 0 Å². The van der Waals surface area contributed by atoms with Gasteiger partial charge in [-0.25, -0.2) is 15.0 Å². The molecule has 0 saturated carbocycles. The molecule has 0 bridgehead atoms. The van der Waals surface area contributed by atoms with Crippen molar-refractivity contribution in [2.24, 2.45) is 5.50 Å². The maximum Gasteiger partial charge on any atom is 0.247 e. The van der Waals surface area contributed by atoms with Gasteiger partial charge in [-0.1, -0.05) is 0 Å². The third-order valence-corrected chi connectivity index (χ3v) is 1.10. The van der Waals surface area contributed by atoms with E-state index in [0.717, 1.165) is 5.52 Å². The molecule has 0 atom stereocenters. The van der Waals surface area contributed by atoms with Crippen LogP contribution in [0.1, 0.15) is 0 Å². The van der Waals surface area contributed by atoms with Gasteiger partial charge in [-0.15, -0.1) is 0 Å². The van der Waals surface area contributed by atoms with E-state index >= 15 is 0 Å². The number of aromatic amines is 1. The lowest BCUT2D eigenvalue weighted by Crippen LogP contribution is -1.78. The van der Waals surface area contributed by atoms with Crippen LogP contribution < -0.4 is 5.50 Å². The van der Waals surface area contributed by atoms with Gasteiger partial charge in [-0.3, -0.25) is 5.50 Å². The van der Waals surface area contributed by atoms with Crippen LogP contribution in [0, 0.1) is 0 Å². The Morgan fingerprint density at radius 1 is 1.38 bits per heavy atom. The maximum absolute atomic E-state index is 7.45. The van der Waals surface area contributed by atoms with Gasteiger partial charge in [0.15, 0.2) is 5.65 Å². The fourth-order valence-corrected chi connectivity index (χ4v) is 0.691. The van der Waals surface area contributed by atoms with Crippen molar-refractivity contribution in [1.82, 2.24) is 19.9 Å². The fraction of sp³-hybridized carbons (Fsp3) is 0. The summed E-state index contributed by atoms with van der Waals surface area (Å²) in [4.78, 5) is 29.4. The zero-order valence-electron chi connectivity index (χ0n) is 6.49. The molecular formula is C5H8N5O2P. The molecule has 2 heterocycles. The van der Waals surface area contributed by atoms with Gasteiger partial charge in [0.1, 0.15) is 11.8 Å². The van der Waals surface area contributed by atoms with Gasteiger partial charge >= 0.3 is 0 Å². The predicted molar refractivity (Wildman–Crippen MR) is 47.2 cm³/mol. The van der Waals surface area contributed by atoms with Crippen LogP contribution in [-0.4, -0.2) is 29.7 Å². The number of hydrogen-bond acceptors (Lipinski definition) is 6. The minimum Gasteiger partial charge on any atom is -0.342 e. The SMILES string of the molecule is NP(O)O.c1ncc2[nH]cnc2n1. The van der Waals surface area contributed by atoms with E-state index in [1.807, 2.05) is 0 Å². The van der Waals surface area contributed by atoms with E-state index in [-0.39, 0.29) is 0 Å². The van der Waals surface area contributed by atoms with Crippen LogP contribution >= 0.6 is 8.53 Å². The number of nitrogens with zero attached hydrogens (tertiary/aromatic N) is 3. The second kappa shape index (κ2) is 4.78. The van der Waals surface area contributed by atoms with Crippen LogP contribution in [0.4, 0.5) is 0 Å². The zero-order chi connectivity index (χ0) is 9.68. The standard InChI is InChI=1S/C5H4N4.H4NO2P/c1-4-5(8-2-6-1)9-3-7-4;1-4(2)3/h1-3H,(H,6,7,8,9);2-3H,1H2. The summed E-state index contributed by atoms with van der Waals surface area (Å²) in [6, 6.07) is 0.